The van der Waals surface area contributed by atoms with Crippen LogP contribution in [0.4, 0.5) is 0 Å². The topological polar surface area (TPSA) is 64.6 Å². The van der Waals surface area contributed by atoms with Crippen molar-refractivity contribution in [2.45, 2.75) is 43.8 Å². The Bertz CT molecular complexity index is 611. The van der Waals surface area contributed by atoms with E-state index in [4.69, 9.17) is 9.47 Å². The first kappa shape index (κ1) is 14.6. The molecule has 0 aromatic carbocycles. The van der Waals surface area contributed by atoms with Gasteiger partial charge in [-0.15, -0.1) is 0 Å². The van der Waals surface area contributed by atoms with Gasteiger partial charge in [0.25, 0.3) is 0 Å². The monoisotopic (exact) mass is 315 g/mol. The van der Waals surface area contributed by atoms with Gasteiger partial charge in [0.2, 0.25) is 11.8 Å². The number of carbonyl (C=O) groups is 1. The van der Waals surface area contributed by atoms with Gasteiger partial charge in [-0.25, -0.2) is 4.98 Å². The first-order valence-corrected chi connectivity index (χ1v) is 8.29. The molecule has 1 aliphatic carbocycles. The van der Waals surface area contributed by atoms with E-state index >= 15 is 0 Å². The summed E-state index contributed by atoms with van der Waals surface area (Å²) in [6.07, 6.45) is 11.7. The van der Waals surface area contributed by atoms with Crippen molar-refractivity contribution >= 4 is 5.91 Å². The van der Waals surface area contributed by atoms with Crippen LogP contribution in [0.2, 0.25) is 0 Å². The zero-order valence-electron chi connectivity index (χ0n) is 13.1. The SMILES string of the molecule is O=C(C1=CCCC1)N1CC2(CC(Oc3cnccn3)CCO2)C1. The normalized spacial score (nSPS) is 25.8. The van der Waals surface area contributed by atoms with Gasteiger partial charge in [0.05, 0.1) is 25.9 Å². The van der Waals surface area contributed by atoms with Gasteiger partial charge < -0.3 is 14.4 Å². The summed E-state index contributed by atoms with van der Waals surface area (Å²) in [6.45, 7) is 2.00. The quantitative estimate of drug-likeness (QED) is 0.850. The molecule has 1 aromatic heterocycles. The summed E-state index contributed by atoms with van der Waals surface area (Å²) in [6, 6.07) is 0. The highest BCUT2D eigenvalue weighted by atomic mass is 16.5. The third-order valence-electron chi connectivity index (χ3n) is 4.84. The summed E-state index contributed by atoms with van der Waals surface area (Å²) >= 11 is 0. The Kier molecular flexibility index (Phi) is 3.77. The van der Waals surface area contributed by atoms with E-state index in [0.29, 0.717) is 25.6 Å². The second-order valence-corrected chi connectivity index (χ2v) is 6.59. The lowest BCUT2D eigenvalue weighted by Crippen LogP contribution is -2.67. The molecule has 0 saturated carbocycles. The van der Waals surface area contributed by atoms with E-state index in [-0.39, 0.29) is 17.6 Å². The van der Waals surface area contributed by atoms with E-state index in [1.54, 1.807) is 18.6 Å². The number of nitrogens with zero attached hydrogens (tertiary/aromatic N) is 3. The van der Waals surface area contributed by atoms with Crippen LogP contribution in [0.15, 0.2) is 30.2 Å². The van der Waals surface area contributed by atoms with Crippen LogP contribution in [0.1, 0.15) is 32.1 Å². The minimum atomic E-state index is -0.236. The summed E-state index contributed by atoms with van der Waals surface area (Å²) in [7, 11) is 0. The molecule has 3 heterocycles. The molecule has 2 fully saturated rings. The molecule has 4 rings (SSSR count). The Balaban J connectivity index is 1.34. The van der Waals surface area contributed by atoms with Gasteiger partial charge in [-0.05, 0) is 19.3 Å². The molecule has 0 bridgehead atoms. The Morgan fingerprint density at radius 3 is 3.04 bits per heavy atom. The van der Waals surface area contributed by atoms with Gasteiger partial charge in [-0.1, -0.05) is 6.08 Å². The zero-order chi connectivity index (χ0) is 15.7. The van der Waals surface area contributed by atoms with E-state index < -0.39 is 0 Å². The molecule has 3 aliphatic rings. The standard InChI is InChI=1S/C17H21N3O3/c21-16(13-3-1-2-4-13)20-11-17(12-20)9-14(5-8-22-17)23-15-10-18-6-7-19-15/h3,6-7,10,14H,1-2,4-5,8-9,11-12H2. The second-order valence-electron chi connectivity index (χ2n) is 6.59. The van der Waals surface area contributed by atoms with Crippen molar-refractivity contribution in [2.75, 3.05) is 19.7 Å². The van der Waals surface area contributed by atoms with Crippen LogP contribution in [0.3, 0.4) is 0 Å². The minimum Gasteiger partial charge on any atom is -0.473 e. The lowest BCUT2D eigenvalue weighted by Gasteiger charge is -2.52. The highest BCUT2D eigenvalue weighted by Gasteiger charge is 2.50. The van der Waals surface area contributed by atoms with E-state index in [1.165, 1.54) is 0 Å². The van der Waals surface area contributed by atoms with Crippen LogP contribution in [-0.2, 0) is 9.53 Å². The smallest absolute Gasteiger partial charge is 0.249 e. The van der Waals surface area contributed by atoms with Crippen LogP contribution in [0.5, 0.6) is 5.88 Å². The first-order valence-electron chi connectivity index (χ1n) is 8.29. The maximum atomic E-state index is 12.4. The van der Waals surface area contributed by atoms with Crippen molar-refractivity contribution in [1.82, 2.24) is 14.9 Å². The number of likely N-dealkylation sites (tertiary alicyclic amines) is 1. The summed E-state index contributed by atoms with van der Waals surface area (Å²) in [4.78, 5) is 22.5. The number of carbonyl (C=O) groups excluding carboxylic acids is 1. The fourth-order valence-electron chi connectivity index (χ4n) is 3.68. The molecule has 122 valence electrons. The molecule has 23 heavy (non-hydrogen) atoms. The van der Waals surface area contributed by atoms with Gasteiger partial charge in [-0.3, -0.25) is 9.78 Å². The largest absolute Gasteiger partial charge is 0.473 e. The molecule has 6 heteroatoms. The van der Waals surface area contributed by atoms with Crippen LogP contribution < -0.4 is 4.74 Å². The van der Waals surface area contributed by atoms with Gasteiger partial charge >= 0.3 is 0 Å². The van der Waals surface area contributed by atoms with E-state index in [2.05, 4.69) is 16.0 Å². The lowest BCUT2D eigenvalue weighted by atomic mass is 9.84. The molecular formula is C17H21N3O3. The number of ether oxygens (including phenoxy) is 2. The van der Waals surface area contributed by atoms with E-state index in [9.17, 15) is 4.79 Å². The third kappa shape index (κ3) is 2.95. The fraction of sp³-hybridized carbons (Fsp3) is 0.588. The molecule has 2 saturated heterocycles. The van der Waals surface area contributed by atoms with Crippen molar-refractivity contribution in [1.29, 1.82) is 0 Å². The lowest BCUT2D eigenvalue weighted by molar-refractivity contribution is -0.191. The predicted molar refractivity (Wildman–Crippen MR) is 82.9 cm³/mol. The summed E-state index contributed by atoms with van der Waals surface area (Å²) in [5.74, 6) is 0.742. The van der Waals surface area contributed by atoms with Gasteiger partial charge in [-0.2, -0.15) is 0 Å². The predicted octanol–water partition coefficient (Wildman–Crippen LogP) is 1.73. The Labute approximate surface area is 135 Å². The number of amides is 1. The molecule has 6 nitrogen and oxygen atoms in total. The minimum absolute atomic E-state index is 0.0726. The van der Waals surface area contributed by atoms with Crippen molar-refractivity contribution in [3.05, 3.63) is 30.2 Å². The van der Waals surface area contributed by atoms with Crippen molar-refractivity contribution < 1.29 is 14.3 Å². The molecule has 0 N–H and O–H groups in total. The third-order valence-corrected chi connectivity index (χ3v) is 4.84. The Morgan fingerprint density at radius 2 is 2.30 bits per heavy atom. The zero-order valence-corrected chi connectivity index (χ0v) is 13.1. The van der Waals surface area contributed by atoms with Crippen LogP contribution >= 0.6 is 0 Å². The van der Waals surface area contributed by atoms with Crippen molar-refractivity contribution in [2.24, 2.45) is 0 Å². The fourth-order valence-corrected chi connectivity index (χ4v) is 3.68. The van der Waals surface area contributed by atoms with Crippen molar-refractivity contribution in [3.8, 4) is 5.88 Å². The van der Waals surface area contributed by atoms with Crippen molar-refractivity contribution in [3.63, 3.8) is 0 Å². The van der Waals surface area contributed by atoms with Crippen LogP contribution in [-0.4, -0.2) is 52.2 Å². The number of allylic oxidation sites excluding steroid dienone is 1. The molecular weight excluding hydrogens is 294 g/mol. The highest BCUT2D eigenvalue weighted by Crippen LogP contribution is 2.37. The summed E-state index contributed by atoms with van der Waals surface area (Å²) in [5, 5.41) is 0. The molecule has 1 amide bonds. The maximum Gasteiger partial charge on any atom is 0.249 e. The molecule has 1 spiro atoms. The number of aromatic nitrogens is 2. The molecule has 1 aromatic rings. The average molecular weight is 315 g/mol. The highest BCUT2D eigenvalue weighted by molar-refractivity contribution is 5.94. The Hall–Kier alpha value is -1.95. The van der Waals surface area contributed by atoms with Gasteiger partial charge in [0.15, 0.2) is 0 Å². The number of rotatable bonds is 3. The van der Waals surface area contributed by atoms with Gasteiger partial charge in [0, 0.05) is 30.8 Å². The Morgan fingerprint density at radius 1 is 1.39 bits per heavy atom. The summed E-state index contributed by atoms with van der Waals surface area (Å²) in [5.41, 5.74) is 0.739. The molecule has 0 radical (unpaired) electrons. The summed E-state index contributed by atoms with van der Waals surface area (Å²) < 4.78 is 11.9. The average Bonchev–Trinajstić information content (AvgIpc) is 3.07. The molecule has 1 atom stereocenters. The van der Waals surface area contributed by atoms with Crippen LogP contribution in [0, 0.1) is 0 Å². The van der Waals surface area contributed by atoms with E-state index in [0.717, 1.165) is 37.7 Å². The first-order chi connectivity index (χ1) is 11.2. The maximum absolute atomic E-state index is 12.4. The molecule has 1 unspecified atom stereocenters. The number of hydrogen-bond acceptors (Lipinski definition) is 5. The van der Waals surface area contributed by atoms with E-state index in [1.807, 2.05) is 4.90 Å². The van der Waals surface area contributed by atoms with Gasteiger partial charge in [0.1, 0.15) is 11.7 Å². The second kappa shape index (κ2) is 5.92. The van der Waals surface area contributed by atoms with Crippen LogP contribution in [0.25, 0.3) is 0 Å². The number of hydrogen-bond donors (Lipinski definition) is 0. The molecule has 2 aliphatic heterocycles.